The first-order valence-electron chi connectivity index (χ1n) is 12.3. The van der Waals surface area contributed by atoms with Gasteiger partial charge in [0.15, 0.2) is 12.3 Å². The Hall–Kier alpha value is -2.93. The van der Waals surface area contributed by atoms with Crippen LogP contribution >= 0.6 is 0 Å². The van der Waals surface area contributed by atoms with Gasteiger partial charge in [0.2, 0.25) is 0 Å². The van der Waals surface area contributed by atoms with Crippen LogP contribution in [0.3, 0.4) is 0 Å². The number of benzene rings is 3. The van der Waals surface area contributed by atoms with E-state index in [-0.39, 0.29) is 77.0 Å². The van der Waals surface area contributed by atoms with E-state index in [0.29, 0.717) is 18.1 Å². The standard InChI is InChI=1S/C29H31N3O7.K/c1-19-13-24(38-17-26(33)30-18-29(2,3)36)11-12-25(19)22-6-4-5-21(14-22)16-37-23-9-7-20(8-10-23)15-32-27(34)31-28(35)39-32;/h4-14,36H,15-18H2,1-3H3,(H2,30,31,33,34,35);/q;+1/p-1. The van der Waals surface area contributed by atoms with Crippen molar-refractivity contribution < 1.29 is 75.3 Å². The first kappa shape index (κ1) is 31.6. The van der Waals surface area contributed by atoms with Crippen LogP contribution in [0.5, 0.6) is 11.5 Å². The fourth-order valence-electron chi connectivity index (χ4n) is 3.80. The Morgan fingerprint density at radius 1 is 1.00 bits per heavy atom. The van der Waals surface area contributed by atoms with E-state index in [2.05, 4.69) is 16.4 Å². The largest absolute Gasteiger partial charge is 1.00 e. The topological polar surface area (TPSA) is 134 Å². The van der Waals surface area contributed by atoms with Crippen LogP contribution in [0.4, 0.5) is 0 Å². The Balaban J connectivity index is 0.00000441. The van der Waals surface area contributed by atoms with Gasteiger partial charge in [0, 0.05) is 13.1 Å². The number of nitrogens with zero attached hydrogens (tertiary/aromatic N) is 2. The van der Waals surface area contributed by atoms with Gasteiger partial charge in [0.1, 0.15) is 18.1 Å². The van der Waals surface area contributed by atoms with Crippen molar-refractivity contribution in [1.29, 1.82) is 0 Å². The second-order valence-corrected chi connectivity index (χ2v) is 9.78. The number of nitrogens with one attached hydrogen (secondary N) is 1. The maximum Gasteiger partial charge on any atom is 1.00 e. The van der Waals surface area contributed by atoms with E-state index in [0.717, 1.165) is 32.6 Å². The van der Waals surface area contributed by atoms with Crippen molar-refractivity contribution in [3.05, 3.63) is 104 Å². The van der Waals surface area contributed by atoms with Gasteiger partial charge < -0.3 is 29.4 Å². The van der Waals surface area contributed by atoms with E-state index >= 15 is 0 Å². The molecule has 0 bridgehead atoms. The summed E-state index contributed by atoms with van der Waals surface area (Å²) in [7, 11) is 0. The summed E-state index contributed by atoms with van der Waals surface area (Å²) < 4.78 is 17.2. The summed E-state index contributed by atoms with van der Waals surface area (Å²) in [6, 6.07) is 20.8. The Labute approximate surface area is 273 Å². The van der Waals surface area contributed by atoms with Crippen molar-refractivity contribution in [2.45, 2.75) is 39.5 Å². The fraction of sp³-hybridized carbons (Fsp3) is 0.276. The van der Waals surface area contributed by atoms with Crippen molar-refractivity contribution >= 4 is 5.91 Å². The van der Waals surface area contributed by atoms with E-state index in [1.54, 1.807) is 38.1 Å². The molecule has 3 aromatic carbocycles. The van der Waals surface area contributed by atoms with Crippen LogP contribution in [-0.4, -0.2) is 34.5 Å². The minimum Gasteiger partial charge on any atom is -0.489 e. The molecular weight excluding hydrogens is 541 g/mol. The smallest absolute Gasteiger partial charge is 0.489 e. The minimum atomic E-state index is -0.982. The molecule has 204 valence electrons. The molecule has 0 aliphatic heterocycles. The SMILES string of the molecule is Cc1cc(OCC(=O)NCC(C)(C)O)ccc1-c1cccc(COc2ccc(Cn3oc(=O)[n-]c3=O)cc2)c1.[K+]. The molecule has 4 aromatic rings. The number of aryl methyl sites for hydroxylation is 1. The molecule has 0 saturated carbocycles. The van der Waals surface area contributed by atoms with Gasteiger partial charge in [-0.15, -0.1) is 0 Å². The molecule has 0 aliphatic rings. The summed E-state index contributed by atoms with van der Waals surface area (Å²) >= 11 is 0. The molecule has 0 aliphatic carbocycles. The number of rotatable bonds is 11. The summed E-state index contributed by atoms with van der Waals surface area (Å²) in [4.78, 5) is 37.8. The number of hydrogen-bond acceptors (Lipinski definition) is 7. The van der Waals surface area contributed by atoms with Crippen LogP contribution in [-0.2, 0) is 17.9 Å². The van der Waals surface area contributed by atoms with Crippen LogP contribution < -0.4 is 82.6 Å². The molecule has 1 amide bonds. The van der Waals surface area contributed by atoms with Crippen LogP contribution in [0, 0.1) is 6.92 Å². The zero-order valence-corrected chi connectivity index (χ0v) is 26.1. The Bertz CT molecular complexity index is 1550. The van der Waals surface area contributed by atoms with Gasteiger partial charge in [0.05, 0.1) is 5.60 Å². The second-order valence-electron chi connectivity index (χ2n) is 9.78. The van der Waals surface area contributed by atoms with Crippen LogP contribution in [0.1, 0.15) is 30.5 Å². The summed E-state index contributed by atoms with van der Waals surface area (Å²) in [6.45, 7) is 5.69. The molecule has 4 rings (SSSR count). The molecule has 0 unspecified atom stereocenters. The predicted molar refractivity (Wildman–Crippen MR) is 144 cm³/mol. The average molecular weight is 572 g/mol. The van der Waals surface area contributed by atoms with Crippen LogP contribution in [0.15, 0.2) is 80.8 Å². The zero-order chi connectivity index (χ0) is 28.0. The normalized spacial score (nSPS) is 11.0. The van der Waals surface area contributed by atoms with Crippen molar-refractivity contribution in [3.63, 3.8) is 0 Å². The van der Waals surface area contributed by atoms with Gasteiger partial charge in [-0.2, -0.15) is 0 Å². The number of aromatic nitrogens is 2. The number of aliphatic hydroxyl groups is 1. The number of amides is 1. The maximum atomic E-state index is 12.0. The number of hydrogen-bond donors (Lipinski definition) is 2. The first-order valence-corrected chi connectivity index (χ1v) is 12.3. The van der Waals surface area contributed by atoms with Gasteiger partial charge in [0.25, 0.3) is 5.91 Å². The Kier molecular flexibility index (Phi) is 11.1. The summed E-state index contributed by atoms with van der Waals surface area (Å²) in [5, 5.41) is 12.4. The van der Waals surface area contributed by atoms with E-state index in [9.17, 15) is 19.5 Å². The number of carbonyl (C=O) groups is 1. The summed E-state index contributed by atoms with van der Waals surface area (Å²) in [6.07, 6.45) is 0. The van der Waals surface area contributed by atoms with Crippen molar-refractivity contribution in [2.24, 2.45) is 0 Å². The number of carbonyl (C=O) groups excluding carboxylic acids is 1. The fourth-order valence-corrected chi connectivity index (χ4v) is 3.80. The Morgan fingerprint density at radius 3 is 2.38 bits per heavy atom. The predicted octanol–water partition coefficient (Wildman–Crippen LogP) is -0.369. The van der Waals surface area contributed by atoms with Gasteiger partial charge >= 0.3 is 57.1 Å². The quantitative estimate of drug-likeness (QED) is 0.233. The molecule has 0 atom stereocenters. The molecular formula is C29H30KN3O7. The molecule has 1 aromatic heterocycles. The minimum absolute atomic E-state index is 0. The van der Waals surface area contributed by atoms with E-state index < -0.39 is 17.0 Å². The van der Waals surface area contributed by atoms with Crippen molar-refractivity contribution in [2.75, 3.05) is 13.2 Å². The molecule has 1 heterocycles. The molecule has 0 fully saturated rings. The molecule has 2 N–H and O–H groups in total. The number of ether oxygens (including phenoxy) is 2. The van der Waals surface area contributed by atoms with Gasteiger partial charge in [-0.25, -0.2) is 4.79 Å². The van der Waals surface area contributed by atoms with Gasteiger partial charge in [-0.05, 0) is 78.9 Å². The maximum absolute atomic E-state index is 12.0. The van der Waals surface area contributed by atoms with E-state index in [1.165, 1.54) is 0 Å². The van der Waals surface area contributed by atoms with Crippen molar-refractivity contribution in [3.8, 4) is 22.6 Å². The Morgan fingerprint density at radius 2 is 1.73 bits per heavy atom. The first-order chi connectivity index (χ1) is 18.6. The monoisotopic (exact) mass is 571 g/mol. The van der Waals surface area contributed by atoms with Gasteiger partial charge in [-0.3, -0.25) is 14.3 Å². The molecule has 11 heteroatoms. The molecule has 0 radical (unpaired) electrons. The third-order valence-electron chi connectivity index (χ3n) is 5.77. The van der Waals surface area contributed by atoms with Crippen LogP contribution in [0.2, 0.25) is 0 Å². The summed E-state index contributed by atoms with van der Waals surface area (Å²) in [5.41, 5.74) is 3.09. The van der Waals surface area contributed by atoms with Gasteiger partial charge in [-0.1, -0.05) is 36.4 Å². The van der Waals surface area contributed by atoms with Crippen molar-refractivity contribution in [1.82, 2.24) is 15.0 Å². The molecule has 0 spiro atoms. The third-order valence-corrected chi connectivity index (χ3v) is 5.77. The van der Waals surface area contributed by atoms with E-state index in [4.69, 9.17) is 14.0 Å². The third kappa shape index (κ3) is 9.32. The second kappa shape index (κ2) is 14.1. The molecule has 0 saturated heterocycles. The zero-order valence-electron chi connectivity index (χ0n) is 23.0. The van der Waals surface area contributed by atoms with Crippen LogP contribution in [0.25, 0.3) is 11.1 Å². The molecule has 40 heavy (non-hydrogen) atoms. The van der Waals surface area contributed by atoms with E-state index in [1.807, 2.05) is 43.3 Å². The summed E-state index contributed by atoms with van der Waals surface area (Å²) in [5.74, 6) is 0.0247. The molecule has 10 nitrogen and oxygen atoms in total. The average Bonchev–Trinajstić information content (AvgIpc) is 3.21.